The fraction of sp³-hybridized carbons (Fsp3) is 0. The molecule has 4 aromatic heterocycles. The van der Waals surface area contributed by atoms with Gasteiger partial charge in [0.1, 0.15) is 5.69 Å². The van der Waals surface area contributed by atoms with Crippen molar-refractivity contribution in [2.75, 3.05) is 0 Å². The standard InChI is InChI=1S/C18H10FN5/c19-18-16(2-1-7-21-18)14-10-13(11-20-12-14)3-4-15-6-9-24-17(23-15)5-8-22-24/h1-2,5-12H. The second-order valence-corrected chi connectivity index (χ2v) is 5.00. The lowest BCUT2D eigenvalue weighted by Crippen LogP contribution is -1.91. The van der Waals surface area contributed by atoms with Crippen LogP contribution in [-0.2, 0) is 0 Å². The summed E-state index contributed by atoms with van der Waals surface area (Å²) in [6, 6.07) is 8.70. The number of halogens is 1. The van der Waals surface area contributed by atoms with Crippen molar-refractivity contribution in [2.24, 2.45) is 0 Å². The number of hydrogen-bond acceptors (Lipinski definition) is 4. The van der Waals surface area contributed by atoms with Gasteiger partial charge in [0.05, 0.1) is 6.20 Å². The van der Waals surface area contributed by atoms with Crippen molar-refractivity contribution in [3.8, 4) is 23.0 Å². The average Bonchev–Trinajstić information content (AvgIpc) is 3.08. The molecule has 0 aliphatic heterocycles. The highest BCUT2D eigenvalue weighted by molar-refractivity contribution is 5.64. The van der Waals surface area contributed by atoms with Crippen molar-refractivity contribution in [3.05, 3.63) is 78.5 Å². The maximum Gasteiger partial charge on any atom is 0.220 e. The van der Waals surface area contributed by atoms with Crippen LogP contribution in [-0.4, -0.2) is 24.6 Å². The lowest BCUT2D eigenvalue weighted by atomic mass is 10.1. The molecule has 4 aromatic rings. The molecule has 114 valence electrons. The number of nitrogens with zero attached hydrogens (tertiary/aromatic N) is 5. The van der Waals surface area contributed by atoms with E-state index in [4.69, 9.17) is 0 Å². The molecular formula is C18H10FN5. The minimum Gasteiger partial charge on any atom is -0.263 e. The van der Waals surface area contributed by atoms with Crippen LogP contribution in [0.2, 0.25) is 0 Å². The van der Waals surface area contributed by atoms with Gasteiger partial charge in [0.15, 0.2) is 5.65 Å². The van der Waals surface area contributed by atoms with E-state index in [1.54, 1.807) is 59.6 Å². The SMILES string of the molecule is Fc1ncccc1-c1cncc(C#Cc2ccn3nccc3n2)c1. The minimum absolute atomic E-state index is 0.396. The van der Waals surface area contributed by atoms with Gasteiger partial charge in [-0.3, -0.25) is 4.98 Å². The van der Waals surface area contributed by atoms with Crippen molar-refractivity contribution < 1.29 is 4.39 Å². The van der Waals surface area contributed by atoms with Gasteiger partial charge in [-0.15, -0.1) is 0 Å². The van der Waals surface area contributed by atoms with Crippen LogP contribution in [0.4, 0.5) is 4.39 Å². The van der Waals surface area contributed by atoms with Crippen LogP contribution >= 0.6 is 0 Å². The summed E-state index contributed by atoms with van der Waals surface area (Å²) in [7, 11) is 0. The van der Waals surface area contributed by atoms with Crippen LogP contribution in [0.3, 0.4) is 0 Å². The van der Waals surface area contributed by atoms with Gasteiger partial charge in [-0.05, 0) is 30.2 Å². The van der Waals surface area contributed by atoms with Crippen molar-refractivity contribution in [1.82, 2.24) is 24.6 Å². The summed E-state index contributed by atoms with van der Waals surface area (Å²) in [6.45, 7) is 0. The Bertz CT molecular complexity index is 1090. The van der Waals surface area contributed by atoms with Crippen LogP contribution in [0.25, 0.3) is 16.8 Å². The zero-order chi connectivity index (χ0) is 16.4. The first-order valence-corrected chi connectivity index (χ1v) is 7.18. The second-order valence-electron chi connectivity index (χ2n) is 5.00. The fourth-order valence-electron chi connectivity index (χ4n) is 2.28. The zero-order valence-corrected chi connectivity index (χ0v) is 12.4. The van der Waals surface area contributed by atoms with E-state index in [1.807, 2.05) is 0 Å². The predicted molar refractivity (Wildman–Crippen MR) is 86.4 cm³/mol. The van der Waals surface area contributed by atoms with Crippen LogP contribution in [0.15, 0.2) is 61.3 Å². The van der Waals surface area contributed by atoms with E-state index >= 15 is 0 Å². The van der Waals surface area contributed by atoms with E-state index < -0.39 is 5.95 Å². The third-order valence-electron chi connectivity index (χ3n) is 3.40. The third-order valence-corrected chi connectivity index (χ3v) is 3.40. The third kappa shape index (κ3) is 2.71. The Morgan fingerprint density at radius 2 is 2.00 bits per heavy atom. The van der Waals surface area contributed by atoms with Gasteiger partial charge in [-0.2, -0.15) is 9.49 Å². The molecular weight excluding hydrogens is 305 g/mol. The molecule has 0 N–H and O–H groups in total. The molecule has 0 aliphatic carbocycles. The summed E-state index contributed by atoms with van der Waals surface area (Å²) >= 11 is 0. The molecule has 6 heteroatoms. The summed E-state index contributed by atoms with van der Waals surface area (Å²) in [5, 5.41) is 4.09. The number of pyridine rings is 2. The molecule has 4 heterocycles. The Morgan fingerprint density at radius 1 is 1.04 bits per heavy atom. The first-order chi connectivity index (χ1) is 11.8. The van der Waals surface area contributed by atoms with Crippen molar-refractivity contribution in [3.63, 3.8) is 0 Å². The van der Waals surface area contributed by atoms with Crippen molar-refractivity contribution in [2.45, 2.75) is 0 Å². The maximum absolute atomic E-state index is 13.8. The van der Waals surface area contributed by atoms with E-state index in [0.29, 0.717) is 22.4 Å². The number of fused-ring (bicyclic) bond motifs is 1. The molecule has 0 saturated carbocycles. The Hall–Kier alpha value is -3.59. The molecule has 0 unspecified atom stereocenters. The molecule has 5 nitrogen and oxygen atoms in total. The first-order valence-electron chi connectivity index (χ1n) is 7.18. The molecule has 0 aliphatic rings. The zero-order valence-electron chi connectivity index (χ0n) is 12.4. The molecule has 4 rings (SSSR count). The molecule has 0 aromatic carbocycles. The van der Waals surface area contributed by atoms with Gasteiger partial charge >= 0.3 is 0 Å². The highest BCUT2D eigenvalue weighted by Gasteiger charge is 2.05. The van der Waals surface area contributed by atoms with Crippen molar-refractivity contribution in [1.29, 1.82) is 0 Å². The van der Waals surface area contributed by atoms with Crippen LogP contribution in [0, 0.1) is 17.8 Å². The van der Waals surface area contributed by atoms with E-state index in [2.05, 4.69) is 31.9 Å². The van der Waals surface area contributed by atoms with E-state index in [1.165, 1.54) is 6.20 Å². The van der Waals surface area contributed by atoms with Crippen LogP contribution < -0.4 is 0 Å². The topological polar surface area (TPSA) is 56.0 Å². The summed E-state index contributed by atoms with van der Waals surface area (Å²) in [5.41, 5.74) is 3.05. The van der Waals surface area contributed by atoms with E-state index in [0.717, 1.165) is 5.65 Å². The monoisotopic (exact) mass is 315 g/mol. The summed E-state index contributed by atoms with van der Waals surface area (Å²) in [6.07, 6.45) is 8.10. The lowest BCUT2D eigenvalue weighted by Gasteiger charge is -2.02. The Balaban J connectivity index is 1.68. The molecule has 24 heavy (non-hydrogen) atoms. The fourth-order valence-corrected chi connectivity index (χ4v) is 2.28. The van der Waals surface area contributed by atoms with Crippen molar-refractivity contribution >= 4 is 5.65 Å². The largest absolute Gasteiger partial charge is 0.263 e. The Morgan fingerprint density at radius 3 is 2.92 bits per heavy atom. The van der Waals surface area contributed by atoms with Crippen LogP contribution in [0.5, 0.6) is 0 Å². The minimum atomic E-state index is -0.530. The number of rotatable bonds is 1. The highest BCUT2D eigenvalue weighted by atomic mass is 19.1. The molecule has 0 radical (unpaired) electrons. The quantitative estimate of drug-likeness (QED) is 0.400. The first kappa shape index (κ1) is 14.0. The number of hydrogen-bond donors (Lipinski definition) is 0. The number of aromatic nitrogens is 5. The Labute approximate surface area is 136 Å². The second kappa shape index (κ2) is 5.89. The molecule has 0 spiro atoms. The van der Waals surface area contributed by atoms with E-state index in [-0.39, 0.29) is 0 Å². The van der Waals surface area contributed by atoms with Crippen LogP contribution in [0.1, 0.15) is 11.3 Å². The van der Waals surface area contributed by atoms with Gasteiger partial charge < -0.3 is 0 Å². The predicted octanol–water partition coefficient (Wildman–Crippen LogP) is 2.73. The molecule has 0 amide bonds. The highest BCUT2D eigenvalue weighted by Crippen LogP contribution is 2.20. The Kier molecular flexibility index (Phi) is 3.45. The molecule has 0 saturated heterocycles. The summed E-state index contributed by atoms with van der Waals surface area (Å²) in [5.74, 6) is 5.45. The van der Waals surface area contributed by atoms with E-state index in [9.17, 15) is 4.39 Å². The molecule has 0 atom stereocenters. The maximum atomic E-state index is 13.8. The lowest BCUT2D eigenvalue weighted by molar-refractivity contribution is 0.587. The normalized spacial score (nSPS) is 10.4. The van der Waals surface area contributed by atoms with Gasteiger partial charge in [0, 0.05) is 47.5 Å². The van der Waals surface area contributed by atoms with Gasteiger partial charge in [0.25, 0.3) is 0 Å². The van der Waals surface area contributed by atoms with Gasteiger partial charge in [0.2, 0.25) is 5.95 Å². The molecule has 0 bridgehead atoms. The summed E-state index contributed by atoms with van der Waals surface area (Å²) < 4.78 is 15.4. The average molecular weight is 315 g/mol. The van der Waals surface area contributed by atoms with Gasteiger partial charge in [-0.1, -0.05) is 5.92 Å². The smallest absolute Gasteiger partial charge is 0.220 e. The molecule has 0 fully saturated rings. The summed E-state index contributed by atoms with van der Waals surface area (Å²) in [4.78, 5) is 12.2. The van der Waals surface area contributed by atoms with Gasteiger partial charge in [-0.25, -0.2) is 14.5 Å².